The van der Waals surface area contributed by atoms with Gasteiger partial charge in [-0.2, -0.15) is 0 Å². The minimum Gasteiger partial charge on any atom is -0.480 e. The summed E-state index contributed by atoms with van der Waals surface area (Å²) in [5, 5.41) is 20.0. The molecule has 8 heteroatoms. The fourth-order valence-corrected chi connectivity index (χ4v) is 2.14. The molecule has 0 fully saturated rings. The number of amides is 1. The number of rotatable bonds is 7. The predicted octanol–water partition coefficient (Wildman–Crippen LogP) is 1.01. The summed E-state index contributed by atoms with van der Waals surface area (Å²) in [4.78, 5) is 34.2. The fraction of sp³-hybridized carbons (Fsp3) is 0.308. The molecule has 0 spiro atoms. The lowest BCUT2D eigenvalue weighted by atomic mass is 10.2. The number of anilines is 1. The third kappa shape index (κ3) is 6.54. The first-order valence-electron chi connectivity index (χ1n) is 6.00. The lowest BCUT2D eigenvalue weighted by Gasteiger charge is -2.17. The minimum atomic E-state index is -1.19. The number of benzene rings is 1. The Bertz CT molecular complexity index is 545. The van der Waals surface area contributed by atoms with Gasteiger partial charge in [0, 0.05) is 9.26 Å². The predicted molar refractivity (Wildman–Crippen MR) is 84.2 cm³/mol. The Kier molecular flexibility index (Phi) is 6.56. The second-order valence-corrected chi connectivity index (χ2v) is 5.61. The molecule has 1 aromatic rings. The maximum atomic E-state index is 11.8. The summed E-state index contributed by atoms with van der Waals surface area (Å²) < 4.78 is 0.985. The molecule has 0 aromatic heterocycles. The van der Waals surface area contributed by atoms with E-state index < -0.39 is 30.9 Å². The van der Waals surface area contributed by atoms with Gasteiger partial charge in [0.25, 0.3) is 0 Å². The molecule has 1 amide bonds. The van der Waals surface area contributed by atoms with Gasteiger partial charge in [-0.3, -0.25) is 19.3 Å². The van der Waals surface area contributed by atoms with Gasteiger partial charge in [0.15, 0.2) is 0 Å². The number of hydrogen-bond acceptors (Lipinski definition) is 4. The molecular weight excluding hydrogens is 391 g/mol. The SMILES string of the molecule is Cc1ccc(NC(=O)CN(CC(=O)O)CC(=O)O)cc1I. The molecule has 1 rings (SSSR count). The van der Waals surface area contributed by atoms with Crippen molar-refractivity contribution < 1.29 is 24.6 Å². The molecule has 0 saturated carbocycles. The van der Waals surface area contributed by atoms with E-state index >= 15 is 0 Å². The zero-order valence-electron chi connectivity index (χ0n) is 11.3. The summed E-state index contributed by atoms with van der Waals surface area (Å²) in [6, 6.07) is 5.37. The van der Waals surface area contributed by atoms with Crippen molar-refractivity contribution in [2.45, 2.75) is 6.92 Å². The van der Waals surface area contributed by atoms with Crippen molar-refractivity contribution in [3.05, 3.63) is 27.3 Å². The van der Waals surface area contributed by atoms with Crippen LogP contribution in [0.2, 0.25) is 0 Å². The minimum absolute atomic E-state index is 0.303. The number of carbonyl (C=O) groups is 3. The molecule has 0 aliphatic rings. The van der Waals surface area contributed by atoms with Gasteiger partial charge >= 0.3 is 11.9 Å². The van der Waals surface area contributed by atoms with Crippen molar-refractivity contribution in [2.24, 2.45) is 0 Å². The summed E-state index contributed by atoms with van der Waals surface area (Å²) >= 11 is 2.14. The molecule has 0 radical (unpaired) electrons. The Balaban J connectivity index is 2.66. The lowest BCUT2D eigenvalue weighted by molar-refractivity contribution is -0.142. The molecule has 0 unspecified atom stereocenters. The number of carboxylic acid groups (broad SMARTS) is 2. The van der Waals surface area contributed by atoms with Crippen LogP contribution in [0.25, 0.3) is 0 Å². The normalized spacial score (nSPS) is 10.4. The molecule has 7 nitrogen and oxygen atoms in total. The number of nitrogens with zero attached hydrogens (tertiary/aromatic N) is 1. The maximum Gasteiger partial charge on any atom is 0.317 e. The number of hydrogen-bond donors (Lipinski definition) is 3. The summed E-state index contributed by atoms with van der Waals surface area (Å²) in [5.74, 6) is -2.83. The van der Waals surface area contributed by atoms with E-state index in [4.69, 9.17) is 10.2 Å². The van der Waals surface area contributed by atoms with E-state index in [1.54, 1.807) is 12.1 Å². The van der Waals surface area contributed by atoms with Gasteiger partial charge in [-0.1, -0.05) is 6.07 Å². The summed E-state index contributed by atoms with van der Waals surface area (Å²) in [6.07, 6.45) is 0. The van der Waals surface area contributed by atoms with Gasteiger partial charge < -0.3 is 15.5 Å². The van der Waals surface area contributed by atoms with Crippen molar-refractivity contribution in [2.75, 3.05) is 25.0 Å². The van der Waals surface area contributed by atoms with Gasteiger partial charge in [-0.25, -0.2) is 0 Å². The molecule has 3 N–H and O–H groups in total. The van der Waals surface area contributed by atoms with Crippen LogP contribution in [-0.4, -0.2) is 52.6 Å². The van der Waals surface area contributed by atoms with Crippen LogP contribution in [-0.2, 0) is 14.4 Å². The average Bonchev–Trinajstić information content (AvgIpc) is 2.31. The van der Waals surface area contributed by atoms with Crippen molar-refractivity contribution in [1.82, 2.24) is 4.90 Å². The molecule has 0 heterocycles. The molecule has 0 atom stereocenters. The molecule has 0 aliphatic heterocycles. The smallest absolute Gasteiger partial charge is 0.317 e. The Morgan fingerprint density at radius 2 is 1.71 bits per heavy atom. The first kappa shape index (κ1) is 17.4. The highest BCUT2D eigenvalue weighted by molar-refractivity contribution is 14.1. The third-order valence-electron chi connectivity index (χ3n) is 2.54. The largest absolute Gasteiger partial charge is 0.480 e. The Hall–Kier alpha value is -1.68. The molecule has 0 aliphatic carbocycles. The zero-order valence-corrected chi connectivity index (χ0v) is 13.5. The van der Waals surface area contributed by atoms with Gasteiger partial charge in [-0.05, 0) is 47.2 Å². The number of nitrogens with one attached hydrogen (secondary N) is 1. The van der Waals surface area contributed by atoms with Crippen LogP contribution in [0.1, 0.15) is 5.56 Å². The molecule has 0 saturated heterocycles. The third-order valence-corrected chi connectivity index (χ3v) is 3.70. The number of aliphatic carboxylic acids is 2. The second kappa shape index (κ2) is 7.93. The number of halogens is 1. The molecule has 1 aromatic carbocycles. The van der Waals surface area contributed by atoms with E-state index in [9.17, 15) is 14.4 Å². The number of carboxylic acids is 2. The van der Waals surface area contributed by atoms with Crippen molar-refractivity contribution in [3.8, 4) is 0 Å². The first-order valence-corrected chi connectivity index (χ1v) is 7.07. The number of carbonyl (C=O) groups excluding carboxylic acids is 1. The van der Waals surface area contributed by atoms with Gasteiger partial charge in [0.05, 0.1) is 19.6 Å². The lowest BCUT2D eigenvalue weighted by Crippen LogP contribution is -2.40. The monoisotopic (exact) mass is 406 g/mol. The standard InChI is InChI=1S/C13H15IN2O5/c1-8-2-3-9(4-10(8)14)15-11(17)5-16(6-12(18)19)7-13(20)21/h2-4H,5-7H2,1H3,(H,15,17)(H,18,19)(H,20,21). The highest BCUT2D eigenvalue weighted by atomic mass is 127. The maximum absolute atomic E-state index is 11.8. The summed E-state index contributed by atoms with van der Waals surface area (Å²) in [7, 11) is 0. The van der Waals surface area contributed by atoms with E-state index in [1.165, 1.54) is 0 Å². The first-order chi connectivity index (χ1) is 9.77. The summed E-state index contributed by atoms with van der Waals surface area (Å²) in [6.45, 7) is 0.619. The van der Waals surface area contributed by atoms with Crippen LogP contribution >= 0.6 is 22.6 Å². The van der Waals surface area contributed by atoms with Crippen LogP contribution < -0.4 is 5.32 Å². The Morgan fingerprint density at radius 1 is 1.14 bits per heavy atom. The highest BCUT2D eigenvalue weighted by Gasteiger charge is 2.17. The highest BCUT2D eigenvalue weighted by Crippen LogP contribution is 2.16. The van der Waals surface area contributed by atoms with Crippen LogP contribution in [0.4, 0.5) is 5.69 Å². The van der Waals surface area contributed by atoms with E-state index in [-0.39, 0.29) is 6.54 Å². The van der Waals surface area contributed by atoms with Crippen LogP contribution in [0.3, 0.4) is 0 Å². The van der Waals surface area contributed by atoms with E-state index in [0.717, 1.165) is 14.0 Å². The van der Waals surface area contributed by atoms with Gasteiger partial charge in [-0.15, -0.1) is 0 Å². The molecule has 114 valence electrons. The fourth-order valence-electron chi connectivity index (χ4n) is 1.62. The number of aryl methyl sites for hydroxylation is 1. The second-order valence-electron chi connectivity index (χ2n) is 4.44. The van der Waals surface area contributed by atoms with Crippen molar-refractivity contribution in [1.29, 1.82) is 0 Å². The summed E-state index contributed by atoms with van der Waals surface area (Å²) in [5.41, 5.74) is 1.66. The van der Waals surface area contributed by atoms with Crippen molar-refractivity contribution >= 4 is 46.1 Å². The quantitative estimate of drug-likeness (QED) is 0.584. The zero-order chi connectivity index (χ0) is 16.0. The van der Waals surface area contributed by atoms with Gasteiger partial charge in [0.1, 0.15) is 0 Å². The molecule has 0 bridgehead atoms. The van der Waals surface area contributed by atoms with Crippen LogP contribution in [0, 0.1) is 10.5 Å². The average molecular weight is 406 g/mol. The Labute approximate surface area is 135 Å². The van der Waals surface area contributed by atoms with E-state index in [1.807, 2.05) is 13.0 Å². The Morgan fingerprint density at radius 3 is 2.19 bits per heavy atom. The van der Waals surface area contributed by atoms with Crippen molar-refractivity contribution in [3.63, 3.8) is 0 Å². The van der Waals surface area contributed by atoms with E-state index in [0.29, 0.717) is 5.69 Å². The molecular formula is C13H15IN2O5. The van der Waals surface area contributed by atoms with Crippen LogP contribution in [0.15, 0.2) is 18.2 Å². The van der Waals surface area contributed by atoms with Gasteiger partial charge in [0.2, 0.25) is 5.91 Å². The van der Waals surface area contributed by atoms with E-state index in [2.05, 4.69) is 27.9 Å². The van der Waals surface area contributed by atoms with Crippen LogP contribution in [0.5, 0.6) is 0 Å². The molecule has 21 heavy (non-hydrogen) atoms. The topological polar surface area (TPSA) is 107 Å².